The molecule has 6 heteroatoms. The highest BCUT2D eigenvalue weighted by atomic mass is 16.2. The normalized spacial score (nSPS) is 18.8. The van der Waals surface area contributed by atoms with Crippen LogP contribution in [0, 0.1) is 5.92 Å². The fourth-order valence-corrected chi connectivity index (χ4v) is 3.70. The van der Waals surface area contributed by atoms with Crippen molar-refractivity contribution < 1.29 is 14.4 Å². The van der Waals surface area contributed by atoms with Gasteiger partial charge in [0.15, 0.2) is 0 Å². The molecule has 2 aliphatic rings. The van der Waals surface area contributed by atoms with Gasteiger partial charge in [0.25, 0.3) is 0 Å². The molecule has 0 aromatic carbocycles. The lowest BCUT2D eigenvalue weighted by atomic mass is 9.86. The number of likely N-dealkylation sites (N-methyl/N-ethyl adjacent to an activating group) is 1. The van der Waals surface area contributed by atoms with E-state index in [4.69, 9.17) is 0 Å². The molecule has 1 saturated heterocycles. The summed E-state index contributed by atoms with van der Waals surface area (Å²) in [6, 6.07) is 0. The second kappa shape index (κ2) is 9.59. The van der Waals surface area contributed by atoms with Gasteiger partial charge in [-0.1, -0.05) is 38.7 Å². The average Bonchev–Trinajstić information content (AvgIpc) is 2.66. The Bertz CT molecular complexity index is 492. The molecule has 1 aliphatic heterocycles. The van der Waals surface area contributed by atoms with E-state index in [1.54, 1.807) is 11.9 Å². The van der Waals surface area contributed by atoms with Crippen LogP contribution in [-0.4, -0.2) is 72.2 Å². The molecule has 6 nitrogen and oxygen atoms in total. The van der Waals surface area contributed by atoms with Crippen molar-refractivity contribution >= 4 is 17.7 Å². The van der Waals surface area contributed by atoms with E-state index in [0.29, 0.717) is 32.6 Å². The van der Waals surface area contributed by atoms with Crippen molar-refractivity contribution in [1.29, 1.82) is 0 Å². The van der Waals surface area contributed by atoms with E-state index < -0.39 is 0 Å². The fraction of sp³-hybridized carbons (Fsp3) is 0.737. The minimum Gasteiger partial charge on any atom is -0.339 e. The number of piperazine rings is 1. The summed E-state index contributed by atoms with van der Waals surface area (Å²) in [4.78, 5) is 41.0. The summed E-state index contributed by atoms with van der Waals surface area (Å²) < 4.78 is 0. The molecule has 3 amide bonds. The van der Waals surface area contributed by atoms with Gasteiger partial charge in [0.05, 0.1) is 6.54 Å². The molecule has 0 aromatic rings. The Morgan fingerprint density at radius 1 is 1.00 bits per heavy atom. The topological polar surface area (TPSA) is 60.9 Å². The van der Waals surface area contributed by atoms with E-state index in [1.807, 2.05) is 4.90 Å². The van der Waals surface area contributed by atoms with Gasteiger partial charge in [-0.3, -0.25) is 14.4 Å². The molecule has 25 heavy (non-hydrogen) atoms. The number of carbonyl (C=O) groups is 3. The first-order valence-corrected chi connectivity index (χ1v) is 9.44. The molecule has 1 heterocycles. The van der Waals surface area contributed by atoms with E-state index in [2.05, 4.69) is 6.58 Å². The second-order valence-electron chi connectivity index (χ2n) is 7.20. The maximum Gasteiger partial charge on any atom is 0.246 e. The van der Waals surface area contributed by atoms with Crippen molar-refractivity contribution in [3.63, 3.8) is 0 Å². The van der Waals surface area contributed by atoms with E-state index in [9.17, 15) is 14.4 Å². The minimum atomic E-state index is -0.259. The zero-order valence-electron chi connectivity index (χ0n) is 15.4. The highest BCUT2D eigenvalue weighted by Crippen LogP contribution is 2.27. The van der Waals surface area contributed by atoms with Gasteiger partial charge in [-0.05, 0) is 18.4 Å². The van der Waals surface area contributed by atoms with Crippen LogP contribution in [0.2, 0.25) is 0 Å². The number of carbonyl (C=O) groups excluding carboxylic acids is 3. The number of hydrogen-bond acceptors (Lipinski definition) is 3. The first-order chi connectivity index (χ1) is 12.0. The summed E-state index contributed by atoms with van der Waals surface area (Å²) in [7, 11) is 1.59. The van der Waals surface area contributed by atoms with Crippen LogP contribution in [0.15, 0.2) is 12.7 Å². The second-order valence-corrected chi connectivity index (χ2v) is 7.20. The monoisotopic (exact) mass is 349 g/mol. The van der Waals surface area contributed by atoms with Gasteiger partial charge in [-0.25, -0.2) is 0 Å². The summed E-state index contributed by atoms with van der Waals surface area (Å²) >= 11 is 0. The molecule has 0 spiro atoms. The summed E-state index contributed by atoms with van der Waals surface area (Å²) in [6.45, 7) is 5.75. The van der Waals surface area contributed by atoms with Crippen molar-refractivity contribution in [2.75, 3.05) is 39.8 Å². The van der Waals surface area contributed by atoms with Crippen molar-refractivity contribution in [2.45, 2.75) is 44.9 Å². The van der Waals surface area contributed by atoms with Crippen LogP contribution in [0.4, 0.5) is 0 Å². The van der Waals surface area contributed by atoms with Gasteiger partial charge in [-0.2, -0.15) is 0 Å². The predicted octanol–water partition coefficient (Wildman–Crippen LogP) is 1.66. The van der Waals surface area contributed by atoms with Gasteiger partial charge < -0.3 is 14.7 Å². The molecule has 0 N–H and O–H groups in total. The number of amides is 3. The Balaban J connectivity index is 1.69. The molecule has 2 fully saturated rings. The molecule has 2 rings (SSSR count). The quantitative estimate of drug-likeness (QED) is 0.685. The fourth-order valence-electron chi connectivity index (χ4n) is 3.70. The summed E-state index contributed by atoms with van der Waals surface area (Å²) in [5.74, 6) is 0.604. The van der Waals surface area contributed by atoms with Crippen LogP contribution < -0.4 is 0 Å². The molecular formula is C19H31N3O3. The van der Waals surface area contributed by atoms with Crippen LogP contribution in [0.5, 0.6) is 0 Å². The Kier molecular flexibility index (Phi) is 7.47. The summed E-state index contributed by atoms with van der Waals surface area (Å²) in [6.07, 6.45) is 9.34. The van der Waals surface area contributed by atoms with Crippen LogP contribution in [0.1, 0.15) is 44.9 Å². The SMILES string of the molecule is C=CC(=O)N(C)CC(=O)N1CCN(C(=O)CCC2CCCCC2)CC1. The van der Waals surface area contributed by atoms with Crippen molar-refractivity contribution in [3.8, 4) is 0 Å². The Labute approximate surface area is 150 Å². The van der Waals surface area contributed by atoms with Crippen LogP contribution >= 0.6 is 0 Å². The largest absolute Gasteiger partial charge is 0.339 e. The van der Waals surface area contributed by atoms with Gasteiger partial charge in [-0.15, -0.1) is 0 Å². The lowest BCUT2D eigenvalue weighted by Crippen LogP contribution is -2.52. The zero-order valence-corrected chi connectivity index (χ0v) is 15.4. The highest BCUT2D eigenvalue weighted by molar-refractivity contribution is 5.90. The first-order valence-electron chi connectivity index (χ1n) is 9.44. The Hall–Kier alpha value is -1.85. The lowest BCUT2D eigenvalue weighted by Gasteiger charge is -2.35. The molecular weight excluding hydrogens is 318 g/mol. The minimum absolute atomic E-state index is 0.0560. The van der Waals surface area contributed by atoms with E-state index in [1.165, 1.54) is 43.1 Å². The predicted molar refractivity (Wildman–Crippen MR) is 96.8 cm³/mol. The van der Waals surface area contributed by atoms with Crippen LogP contribution in [-0.2, 0) is 14.4 Å². The van der Waals surface area contributed by atoms with Crippen LogP contribution in [0.25, 0.3) is 0 Å². The number of rotatable bonds is 6. The zero-order chi connectivity index (χ0) is 18.2. The number of hydrogen-bond donors (Lipinski definition) is 0. The summed E-state index contributed by atoms with van der Waals surface area (Å²) in [5.41, 5.74) is 0. The van der Waals surface area contributed by atoms with Crippen molar-refractivity contribution in [3.05, 3.63) is 12.7 Å². The highest BCUT2D eigenvalue weighted by Gasteiger charge is 2.25. The molecule has 0 radical (unpaired) electrons. The van der Waals surface area contributed by atoms with E-state index in [0.717, 1.165) is 12.3 Å². The van der Waals surface area contributed by atoms with Crippen molar-refractivity contribution in [2.24, 2.45) is 5.92 Å². The molecule has 140 valence electrons. The van der Waals surface area contributed by atoms with Crippen molar-refractivity contribution in [1.82, 2.24) is 14.7 Å². The summed E-state index contributed by atoms with van der Waals surface area (Å²) in [5, 5.41) is 0. The molecule has 1 saturated carbocycles. The molecule has 0 aromatic heterocycles. The maximum atomic E-state index is 12.4. The third kappa shape index (κ3) is 5.87. The van der Waals surface area contributed by atoms with E-state index in [-0.39, 0.29) is 24.3 Å². The third-order valence-corrected chi connectivity index (χ3v) is 5.40. The molecule has 1 aliphatic carbocycles. The molecule has 0 bridgehead atoms. The van der Waals surface area contributed by atoms with E-state index >= 15 is 0 Å². The molecule has 0 atom stereocenters. The molecule has 0 unspecified atom stereocenters. The maximum absolute atomic E-state index is 12.4. The van der Waals surface area contributed by atoms with Crippen LogP contribution in [0.3, 0.4) is 0 Å². The third-order valence-electron chi connectivity index (χ3n) is 5.40. The average molecular weight is 349 g/mol. The van der Waals surface area contributed by atoms with Gasteiger partial charge in [0, 0.05) is 39.6 Å². The number of nitrogens with zero attached hydrogens (tertiary/aromatic N) is 3. The van der Waals surface area contributed by atoms with Gasteiger partial charge in [0.1, 0.15) is 0 Å². The lowest BCUT2D eigenvalue weighted by molar-refractivity contribution is -0.142. The van der Waals surface area contributed by atoms with Gasteiger partial charge in [0.2, 0.25) is 17.7 Å². The smallest absolute Gasteiger partial charge is 0.246 e. The van der Waals surface area contributed by atoms with Gasteiger partial charge >= 0.3 is 0 Å². The Morgan fingerprint density at radius 3 is 2.12 bits per heavy atom. The standard InChI is InChI=1S/C19H31N3O3/c1-3-17(23)20(2)15-19(25)22-13-11-21(12-14-22)18(24)10-9-16-7-5-4-6-8-16/h3,16H,1,4-15H2,2H3. The first kappa shape index (κ1) is 19.5. The Morgan fingerprint density at radius 2 is 1.56 bits per heavy atom.